The van der Waals surface area contributed by atoms with Crippen LogP contribution in [0.4, 0.5) is 0 Å². The lowest BCUT2D eigenvalue weighted by Gasteiger charge is -1.99. The zero-order chi connectivity index (χ0) is 8.55. The van der Waals surface area contributed by atoms with Gasteiger partial charge in [0.2, 0.25) is 0 Å². The zero-order valence-corrected chi connectivity index (χ0v) is 7.78. The zero-order valence-electron chi connectivity index (χ0n) is 6.20. The Bertz CT molecular complexity index is 475. The predicted octanol–water partition coefficient (Wildman–Crippen LogP) is 2.16. The summed E-state index contributed by atoms with van der Waals surface area (Å²) in [6, 6.07) is 9.01. The Hall–Kier alpha value is -1.09. The molecule has 0 aliphatic heterocycles. The van der Waals surface area contributed by atoms with Crippen LogP contribution in [0.5, 0.6) is 0 Å². The first-order valence-corrected chi connectivity index (χ1v) is 4.26. The molecule has 2 aromatic rings. The highest BCUT2D eigenvalue weighted by molar-refractivity contribution is 9.08. The molecule has 0 aliphatic carbocycles. The van der Waals surface area contributed by atoms with Gasteiger partial charge in [-0.15, -0.1) is 0 Å². The van der Waals surface area contributed by atoms with E-state index in [1.165, 1.54) is 6.07 Å². The number of benzene rings is 1. The number of nitrogens with zero attached hydrogens (tertiary/aromatic N) is 1. The van der Waals surface area contributed by atoms with Gasteiger partial charge >= 0.3 is 0 Å². The molecule has 0 saturated carbocycles. The minimum absolute atomic E-state index is 0.0568. The quantitative estimate of drug-likeness (QED) is 0.672. The summed E-state index contributed by atoms with van der Waals surface area (Å²) in [5.41, 5.74) is 0.950. The van der Waals surface area contributed by atoms with Crippen molar-refractivity contribution < 1.29 is 0 Å². The van der Waals surface area contributed by atoms with E-state index in [4.69, 9.17) is 0 Å². The highest BCUT2D eigenvalue weighted by atomic mass is 79.9. The molecule has 1 aromatic carbocycles. The monoisotopic (exact) mass is 223 g/mol. The van der Waals surface area contributed by atoms with Gasteiger partial charge in [0.05, 0.1) is 21.7 Å². The summed E-state index contributed by atoms with van der Waals surface area (Å²) in [5.74, 6) is 0. The Kier molecular flexibility index (Phi) is 1.73. The largest absolute Gasteiger partial charge is 0.289 e. The molecular formula is C9H6BrNO. The van der Waals surface area contributed by atoms with Crippen LogP contribution in [0.25, 0.3) is 10.9 Å². The molecule has 0 spiro atoms. The fourth-order valence-electron chi connectivity index (χ4n) is 1.17. The number of rotatable bonds is 0. The van der Waals surface area contributed by atoms with Crippen molar-refractivity contribution in [2.75, 3.05) is 0 Å². The van der Waals surface area contributed by atoms with E-state index >= 15 is 0 Å². The summed E-state index contributed by atoms with van der Waals surface area (Å²) in [5, 5.41) is 0.733. The molecule has 2 nitrogen and oxygen atoms in total. The normalized spacial score (nSPS) is 10.4. The Morgan fingerprint density at radius 1 is 1.17 bits per heavy atom. The third-order valence-corrected chi connectivity index (χ3v) is 2.37. The average molecular weight is 224 g/mol. The molecule has 0 radical (unpaired) electrons. The van der Waals surface area contributed by atoms with Crippen molar-refractivity contribution >= 4 is 27.1 Å². The van der Waals surface area contributed by atoms with Crippen molar-refractivity contribution in [2.24, 2.45) is 0 Å². The lowest BCUT2D eigenvalue weighted by Crippen LogP contribution is -2.01. The fraction of sp³-hybridized carbons (Fsp3) is 0. The molecule has 2 rings (SSSR count). The SMILES string of the molecule is O=c1ccn(Br)c2ccccc12. The predicted molar refractivity (Wildman–Crippen MR) is 52.5 cm³/mol. The van der Waals surface area contributed by atoms with E-state index in [0.29, 0.717) is 0 Å². The molecule has 1 aromatic heterocycles. The van der Waals surface area contributed by atoms with E-state index < -0.39 is 0 Å². The van der Waals surface area contributed by atoms with Crippen LogP contribution in [0.2, 0.25) is 0 Å². The molecule has 3 heteroatoms. The first-order chi connectivity index (χ1) is 5.79. The molecule has 0 N–H and O–H groups in total. The first kappa shape index (κ1) is 7.55. The molecule has 0 unspecified atom stereocenters. The standard InChI is InChI=1S/C9H6BrNO/c10-11-6-5-9(12)7-3-1-2-4-8(7)11/h1-6H. The molecular weight excluding hydrogens is 218 g/mol. The van der Waals surface area contributed by atoms with Gasteiger partial charge in [-0.3, -0.25) is 8.39 Å². The minimum Gasteiger partial charge on any atom is -0.289 e. The topological polar surface area (TPSA) is 22.0 Å². The van der Waals surface area contributed by atoms with E-state index in [1.807, 2.05) is 24.3 Å². The fourth-order valence-corrected chi connectivity index (χ4v) is 1.60. The van der Waals surface area contributed by atoms with Crippen LogP contribution >= 0.6 is 16.1 Å². The average Bonchev–Trinajstić information content (AvgIpc) is 2.12. The van der Waals surface area contributed by atoms with Gasteiger partial charge in [-0.05, 0) is 12.1 Å². The van der Waals surface area contributed by atoms with Gasteiger partial charge in [-0.1, -0.05) is 12.1 Å². The van der Waals surface area contributed by atoms with Crippen LogP contribution < -0.4 is 5.43 Å². The summed E-state index contributed by atoms with van der Waals surface area (Å²) >= 11 is 3.31. The number of halogens is 1. The summed E-state index contributed by atoms with van der Waals surface area (Å²) in [4.78, 5) is 11.3. The minimum atomic E-state index is 0.0568. The van der Waals surface area contributed by atoms with Crippen LogP contribution in [-0.2, 0) is 0 Å². The van der Waals surface area contributed by atoms with Gasteiger partial charge in [-0.2, -0.15) is 0 Å². The number of fused-ring (bicyclic) bond motifs is 1. The van der Waals surface area contributed by atoms with Gasteiger partial charge in [0.25, 0.3) is 0 Å². The summed E-state index contributed by atoms with van der Waals surface area (Å²) < 4.78 is 1.75. The molecule has 0 amide bonds. The molecule has 0 bridgehead atoms. The van der Waals surface area contributed by atoms with Gasteiger partial charge in [0, 0.05) is 17.6 Å². The Morgan fingerprint density at radius 3 is 2.67 bits per heavy atom. The third kappa shape index (κ3) is 1.06. The second-order valence-corrected chi connectivity index (χ2v) is 3.27. The summed E-state index contributed by atoms with van der Waals surface area (Å²) in [6.07, 6.45) is 1.70. The van der Waals surface area contributed by atoms with E-state index in [0.717, 1.165) is 10.9 Å². The van der Waals surface area contributed by atoms with Crippen molar-refractivity contribution in [3.05, 3.63) is 46.8 Å². The highest BCUT2D eigenvalue weighted by Crippen LogP contribution is 2.10. The molecule has 0 fully saturated rings. The van der Waals surface area contributed by atoms with Gasteiger partial charge in [-0.25, -0.2) is 0 Å². The number of aromatic nitrogens is 1. The van der Waals surface area contributed by atoms with Gasteiger partial charge in [0.15, 0.2) is 5.43 Å². The van der Waals surface area contributed by atoms with Crippen LogP contribution in [-0.4, -0.2) is 3.59 Å². The van der Waals surface area contributed by atoms with Crippen molar-refractivity contribution in [3.63, 3.8) is 0 Å². The molecule has 12 heavy (non-hydrogen) atoms. The number of hydrogen-bond donors (Lipinski definition) is 0. The number of pyridine rings is 1. The summed E-state index contributed by atoms with van der Waals surface area (Å²) in [6.45, 7) is 0. The maximum absolute atomic E-state index is 11.3. The van der Waals surface area contributed by atoms with Crippen LogP contribution in [0.15, 0.2) is 41.3 Å². The van der Waals surface area contributed by atoms with E-state index in [-0.39, 0.29) is 5.43 Å². The molecule has 60 valence electrons. The van der Waals surface area contributed by atoms with Gasteiger partial charge < -0.3 is 0 Å². The molecule has 0 aliphatic rings. The smallest absolute Gasteiger partial charge is 0.189 e. The maximum atomic E-state index is 11.3. The number of hydrogen-bond acceptors (Lipinski definition) is 1. The van der Waals surface area contributed by atoms with Crippen molar-refractivity contribution in [1.82, 2.24) is 3.59 Å². The lowest BCUT2D eigenvalue weighted by atomic mass is 10.2. The van der Waals surface area contributed by atoms with Crippen molar-refractivity contribution in [1.29, 1.82) is 0 Å². The third-order valence-electron chi connectivity index (χ3n) is 1.76. The molecule has 1 heterocycles. The van der Waals surface area contributed by atoms with Crippen molar-refractivity contribution in [2.45, 2.75) is 0 Å². The first-order valence-electron chi connectivity index (χ1n) is 3.55. The molecule has 0 atom stereocenters. The second kappa shape index (κ2) is 2.75. The van der Waals surface area contributed by atoms with E-state index in [9.17, 15) is 4.79 Å². The Morgan fingerprint density at radius 2 is 1.92 bits per heavy atom. The highest BCUT2D eigenvalue weighted by Gasteiger charge is 1.97. The molecule has 0 saturated heterocycles. The maximum Gasteiger partial charge on any atom is 0.189 e. The lowest BCUT2D eigenvalue weighted by molar-refractivity contribution is 1.32. The number of para-hydroxylation sites is 1. The van der Waals surface area contributed by atoms with Crippen LogP contribution in [0, 0.1) is 0 Å². The Labute approximate surface area is 77.8 Å². The van der Waals surface area contributed by atoms with E-state index in [1.54, 1.807) is 9.79 Å². The van der Waals surface area contributed by atoms with Crippen LogP contribution in [0.3, 0.4) is 0 Å². The summed E-state index contributed by atoms with van der Waals surface area (Å²) in [7, 11) is 0. The Balaban J connectivity index is 3.05. The van der Waals surface area contributed by atoms with Crippen molar-refractivity contribution in [3.8, 4) is 0 Å². The van der Waals surface area contributed by atoms with Gasteiger partial charge in [0.1, 0.15) is 0 Å². The second-order valence-electron chi connectivity index (χ2n) is 2.51. The van der Waals surface area contributed by atoms with Crippen LogP contribution in [0.1, 0.15) is 0 Å². The van der Waals surface area contributed by atoms with E-state index in [2.05, 4.69) is 16.1 Å².